The standard InChI is InChI=1S/C53H32N2O/c1-2-15-33(16-3-1)47-32-48(55-52(54-47)41-23-14-28-50-51(41)40-22-9-13-27-49(40)56-50)34-29-30-46-42(31-34)36-18-5-4-17-35(36)37-19-6-10-24-43(37)53(46)44-25-11-7-20-38(44)39-21-8-12-26-45(39)53/h1-32H. The summed E-state index contributed by atoms with van der Waals surface area (Å²) < 4.78 is 6.32. The molecule has 8 aromatic carbocycles. The summed E-state index contributed by atoms with van der Waals surface area (Å²) in [7, 11) is 0. The predicted molar refractivity (Wildman–Crippen MR) is 227 cm³/mol. The van der Waals surface area contributed by atoms with Gasteiger partial charge in [0.2, 0.25) is 0 Å². The number of fused-ring (bicyclic) bond motifs is 15. The van der Waals surface area contributed by atoms with Gasteiger partial charge in [-0.25, -0.2) is 9.97 Å². The zero-order valence-corrected chi connectivity index (χ0v) is 30.3. The molecule has 0 radical (unpaired) electrons. The number of hydrogen-bond donors (Lipinski definition) is 0. The molecule has 2 aliphatic carbocycles. The lowest BCUT2D eigenvalue weighted by Gasteiger charge is -2.35. The van der Waals surface area contributed by atoms with Crippen LogP contribution in [0.5, 0.6) is 0 Å². The maximum atomic E-state index is 6.32. The fraction of sp³-hybridized carbons (Fsp3) is 0.0189. The highest BCUT2D eigenvalue weighted by molar-refractivity contribution is 6.12. The minimum absolute atomic E-state index is 0.527. The van der Waals surface area contributed by atoms with Crippen molar-refractivity contribution in [1.82, 2.24) is 9.97 Å². The highest BCUT2D eigenvalue weighted by Crippen LogP contribution is 2.61. The van der Waals surface area contributed by atoms with Crippen LogP contribution in [-0.4, -0.2) is 9.97 Å². The second kappa shape index (κ2) is 11.8. The Balaban J connectivity index is 1.16. The molecule has 0 N–H and O–H groups in total. The molecule has 2 heterocycles. The van der Waals surface area contributed by atoms with Crippen LogP contribution in [0.3, 0.4) is 0 Å². The zero-order valence-electron chi connectivity index (χ0n) is 30.3. The molecule has 10 aromatic rings. The molecule has 0 bridgehead atoms. The van der Waals surface area contributed by atoms with Gasteiger partial charge in [-0.05, 0) is 79.9 Å². The number of aromatic nitrogens is 2. The van der Waals surface area contributed by atoms with Crippen molar-refractivity contribution in [3.05, 3.63) is 216 Å². The third-order valence-corrected chi connectivity index (χ3v) is 11.9. The topological polar surface area (TPSA) is 38.9 Å². The van der Waals surface area contributed by atoms with Gasteiger partial charge in [-0.3, -0.25) is 0 Å². The van der Waals surface area contributed by atoms with Gasteiger partial charge in [0.15, 0.2) is 5.82 Å². The van der Waals surface area contributed by atoms with Gasteiger partial charge in [0.1, 0.15) is 11.2 Å². The molecule has 0 unspecified atom stereocenters. The van der Waals surface area contributed by atoms with Gasteiger partial charge in [0, 0.05) is 27.5 Å². The van der Waals surface area contributed by atoms with Gasteiger partial charge in [-0.15, -0.1) is 0 Å². The van der Waals surface area contributed by atoms with Crippen molar-refractivity contribution in [2.24, 2.45) is 0 Å². The third kappa shape index (κ3) is 4.28. The first-order valence-electron chi connectivity index (χ1n) is 19.2. The molecule has 1 spiro atoms. The van der Waals surface area contributed by atoms with Crippen LogP contribution < -0.4 is 0 Å². The maximum Gasteiger partial charge on any atom is 0.161 e. The van der Waals surface area contributed by atoms with E-state index in [0.717, 1.165) is 50.0 Å². The van der Waals surface area contributed by atoms with Gasteiger partial charge in [-0.1, -0.05) is 170 Å². The fourth-order valence-corrected chi connectivity index (χ4v) is 9.65. The van der Waals surface area contributed by atoms with E-state index in [1.54, 1.807) is 0 Å². The first-order chi connectivity index (χ1) is 27.8. The van der Waals surface area contributed by atoms with E-state index in [0.29, 0.717) is 5.82 Å². The number of rotatable bonds is 3. The summed E-state index contributed by atoms with van der Waals surface area (Å²) >= 11 is 0. The van der Waals surface area contributed by atoms with Crippen LogP contribution in [0.1, 0.15) is 22.3 Å². The van der Waals surface area contributed by atoms with Crippen molar-refractivity contribution in [2.45, 2.75) is 5.41 Å². The highest BCUT2D eigenvalue weighted by atomic mass is 16.3. The van der Waals surface area contributed by atoms with E-state index in [-0.39, 0.29) is 0 Å². The zero-order chi connectivity index (χ0) is 36.8. The number of nitrogens with zero attached hydrogens (tertiary/aromatic N) is 2. The Morgan fingerprint density at radius 1 is 0.339 bits per heavy atom. The minimum Gasteiger partial charge on any atom is -0.456 e. The van der Waals surface area contributed by atoms with Crippen molar-refractivity contribution >= 4 is 21.9 Å². The average molecular weight is 713 g/mol. The number of benzene rings is 8. The van der Waals surface area contributed by atoms with Crippen LogP contribution in [0, 0.1) is 0 Å². The minimum atomic E-state index is -0.527. The lowest BCUT2D eigenvalue weighted by Crippen LogP contribution is -2.29. The van der Waals surface area contributed by atoms with Crippen molar-refractivity contribution in [1.29, 1.82) is 0 Å². The van der Waals surface area contributed by atoms with E-state index < -0.39 is 5.41 Å². The molecule has 12 rings (SSSR count). The molecule has 0 amide bonds. The Morgan fingerprint density at radius 3 is 1.54 bits per heavy atom. The number of para-hydroxylation sites is 1. The maximum absolute atomic E-state index is 6.32. The highest BCUT2D eigenvalue weighted by Gasteiger charge is 2.49. The molecule has 56 heavy (non-hydrogen) atoms. The second-order valence-corrected chi connectivity index (χ2v) is 14.8. The van der Waals surface area contributed by atoms with Crippen LogP contribution in [0.15, 0.2) is 199 Å². The molecule has 0 fully saturated rings. The Hall–Kier alpha value is -7.36. The normalized spacial score (nSPS) is 13.1. The molecular weight excluding hydrogens is 681 g/mol. The molecular formula is C53H32N2O. The van der Waals surface area contributed by atoms with Gasteiger partial charge < -0.3 is 4.42 Å². The van der Waals surface area contributed by atoms with Crippen molar-refractivity contribution in [3.63, 3.8) is 0 Å². The molecule has 0 atom stereocenters. The third-order valence-electron chi connectivity index (χ3n) is 11.9. The van der Waals surface area contributed by atoms with E-state index in [9.17, 15) is 0 Å². The lowest BCUT2D eigenvalue weighted by atomic mass is 9.66. The van der Waals surface area contributed by atoms with Crippen molar-refractivity contribution in [3.8, 4) is 67.3 Å². The summed E-state index contributed by atoms with van der Waals surface area (Å²) in [6, 6.07) is 69.8. The molecule has 0 aliphatic heterocycles. The molecule has 2 aromatic heterocycles. The first kappa shape index (κ1) is 31.0. The Bertz CT molecular complexity index is 3170. The van der Waals surface area contributed by atoms with E-state index in [2.05, 4.69) is 164 Å². The number of hydrogen-bond acceptors (Lipinski definition) is 3. The molecule has 0 saturated heterocycles. The molecule has 3 nitrogen and oxygen atoms in total. The summed E-state index contributed by atoms with van der Waals surface area (Å²) in [5.74, 6) is 0.663. The van der Waals surface area contributed by atoms with Gasteiger partial charge >= 0.3 is 0 Å². The summed E-state index contributed by atoms with van der Waals surface area (Å²) in [6.45, 7) is 0. The van der Waals surface area contributed by atoms with Gasteiger partial charge in [0.25, 0.3) is 0 Å². The van der Waals surface area contributed by atoms with Gasteiger partial charge in [-0.2, -0.15) is 0 Å². The van der Waals surface area contributed by atoms with Crippen LogP contribution >= 0.6 is 0 Å². The van der Waals surface area contributed by atoms with Crippen molar-refractivity contribution < 1.29 is 4.42 Å². The molecule has 260 valence electrons. The second-order valence-electron chi connectivity index (χ2n) is 14.8. The summed E-state index contributed by atoms with van der Waals surface area (Å²) in [6.07, 6.45) is 0. The van der Waals surface area contributed by atoms with E-state index in [1.807, 2.05) is 30.3 Å². The van der Waals surface area contributed by atoms with Crippen LogP contribution in [-0.2, 0) is 5.41 Å². The van der Waals surface area contributed by atoms with E-state index in [4.69, 9.17) is 14.4 Å². The van der Waals surface area contributed by atoms with Crippen molar-refractivity contribution in [2.75, 3.05) is 0 Å². The Morgan fingerprint density at radius 2 is 0.839 bits per heavy atom. The Kier molecular flexibility index (Phi) is 6.55. The Labute approximate surface area is 324 Å². The summed E-state index contributed by atoms with van der Waals surface area (Å²) in [5, 5.41) is 2.07. The van der Waals surface area contributed by atoms with Crippen LogP contribution in [0.25, 0.3) is 89.2 Å². The average Bonchev–Trinajstić information content (AvgIpc) is 3.77. The van der Waals surface area contributed by atoms with Gasteiger partial charge in [0.05, 0.1) is 16.8 Å². The first-order valence-corrected chi connectivity index (χ1v) is 19.2. The molecule has 0 saturated carbocycles. The van der Waals surface area contributed by atoms with Crippen LogP contribution in [0.4, 0.5) is 0 Å². The lowest BCUT2D eigenvalue weighted by molar-refractivity contribution is 0.669. The smallest absolute Gasteiger partial charge is 0.161 e. The molecule has 3 heteroatoms. The van der Waals surface area contributed by atoms with Crippen LogP contribution in [0.2, 0.25) is 0 Å². The summed E-state index contributed by atoms with van der Waals surface area (Å²) in [5.41, 5.74) is 18.5. The van der Waals surface area contributed by atoms with E-state index >= 15 is 0 Å². The molecule has 2 aliphatic rings. The summed E-state index contributed by atoms with van der Waals surface area (Å²) in [4.78, 5) is 10.7. The fourth-order valence-electron chi connectivity index (χ4n) is 9.65. The quantitative estimate of drug-likeness (QED) is 0.183. The SMILES string of the molecule is c1ccc(-c2cc(-c3ccc4c(c3)-c3ccccc3-c3ccccc3C43c4ccccc4-c4ccccc43)nc(-c3cccc4oc5ccccc5c34)n2)cc1. The number of furan rings is 1. The largest absolute Gasteiger partial charge is 0.456 e. The predicted octanol–water partition coefficient (Wildman–Crippen LogP) is 13.4. The monoisotopic (exact) mass is 712 g/mol. The van der Waals surface area contributed by atoms with E-state index in [1.165, 1.54) is 55.6 Å².